The van der Waals surface area contributed by atoms with Crippen LogP contribution >= 0.6 is 0 Å². The van der Waals surface area contributed by atoms with Gasteiger partial charge in [0.15, 0.2) is 0 Å². The van der Waals surface area contributed by atoms with Crippen LogP contribution in [0.2, 0.25) is 0 Å². The predicted octanol–water partition coefficient (Wildman–Crippen LogP) is 0.652. The Morgan fingerprint density at radius 1 is 1.10 bits per heavy atom. The van der Waals surface area contributed by atoms with E-state index in [0.717, 1.165) is 5.56 Å². The molecule has 21 heavy (non-hydrogen) atoms. The molecule has 0 aliphatic rings. The van der Waals surface area contributed by atoms with Gasteiger partial charge in [0.05, 0.1) is 6.10 Å². The van der Waals surface area contributed by atoms with E-state index in [9.17, 15) is 5.11 Å². The van der Waals surface area contributed by atoms with Crippen molar-refractivity contribution in [2.45, 2.75) is 25.6 Å². The molecule has 0 radical (unpaired) electrons. The van der Waals surface area contributed by atoms with Gasteiger partial charge in [-0.1, -0.05) is 19.1 Å². The van der Waals surface area contributed by atoms with Crippen molar-refractivity contribution in [3.63, 3.8) is 0 Å². The fraction of sp³-hybridized carbons (Fsp3) is 0.267. The summed E-state index contributed by atoms with van der Waals surface area (Å²) in [6.45, 7) is 1.88. The Balaban J connectivity index is 2.19. The summed E-state index contributed by atoms with van der Waals surface area (Å²) in [7, 11) is -1.50. The zero-order valence-electron chi connectivity index (χ0n) is 11.8. The van der Waals surface area contributed by atoms with E-state index in [4.69, 9.17) is 14.8 Å². The van der Waals surface area contributed by atoms with Gasteiger partial charge in [0.25, 0.3) is 0 Å². The van der Waals surface area contributed by atoms with E-state index in [2.05, 4.69) is 4.98 Å². The van der Waals surface area contributed by atoms with Crippen molar-refractivity contribution in [1.29, 1.82) is 0 Å². The van der Waals surface area contributed by atoms with Gasteiger partial charge in [-0.25, -0.2) is 0 Å². The van der Waals surface area contributed by atoms with Crippen LogP contribution in [0.25, 0.3) is 0 Å². The molecule has 5 nitrogen and oxygen atoms in total. The highest BCUT2D eigenvalue weighted by Gasteiger charge is 2.22. The average Bonchev–Trinajstić information content (AvgIpc) is 2.53. The molecule has 0 aliphatic heterocycles. The van der Waals surface area contributed by atoms with Crippen molar-refractivity contribution in [2.24, 2.45) is 0 Å². The smallest absolute Gasteiger partial charge is 0.483 e. The average molecular weight is 287 g/mol. The van der Waals surface area contributed by atoms with Crippen molar-refractivity contribution in [1.82, 2.24) is 4.98 Å². The maximum Gasteiger partial charge on any atom is 0.488 e. The largest absolute Gasteiger partial charge is 0.488 e. The first kappa shape index (κ1) is 15.5. The Bertz CT molecular complexity index is 547. The summed E-state index contributed by atoms with van der Waals surface area (Å²) < 4.78 is 5.85. The molecule has 1 aromatic carbocycles. The van der Waals surface area contributed by atoms with Crippen molar-refractivity contribution < 1.29 is 19.9 Å². The van der Waals surface area contributed by atoms with E-state index in [1.807, 2.05) is 6.92 Å². The molecule has 1 unspecified atom stereocenters. The molecule has 0 bridgehead atoms. The molecule has 1 aromatic heterocycles. The number of hydrogen-bond acceptors (Lipinski definition) is 5. The number of ether oxygens (including phenoxy) is 1. The van der Waals surface area contributed by atoms with E-state index in [0.29, 0.717) is 17.6 Å². The number of nitrogens with zero attached hydrogens (tertiary/aromatic N) is 1. The summed E-state index contributed by atoms with van der Waals surface area (Å²) in [6.07, 6.45) is 2.72. The van der Waals surface area contributed by atoms with Gasteiger partial charge in [0.2, 0.25) is 0 Å². The standard InChI is InChI=1S/C15H18BNO4/c1-2-14(18)15(11-7-9-17-10-8-11)21-13-5-3-12(4-6-13)16(19)20/h3-10,14-15,18-20H,2H2,1H3/t14-,15?/m1/s1. The van der Waals surface area contributed by atoms with Crippen molar-refractivity contribution in [2.75, 3.05) is 0 Å². The van der Waals surface area contributed by atoms with Gasteiger partial charge in [-0.3, -0.25) is 4.98 Å². The van der Waals surface area contributed by atoms with Gasteiger partial charge in [0.1, 0.15) is 11.9 Å². The summed E-state index contributed by atoms with van der Waals surface area (Å²) in [6, 6.07) is 10.0. The van der Waals surface area contributed by atoms with Crippen molar-refractivity contribution in [3.8, 4) is 5.75 Å². The molecular formula is C15H18BNO4. The molecule has 0 spiro atoms. The number of benzene rings is 1. The third kappa shape index (κ3) is 4.04. The minimum atomic E-state index is -1.50. The zero-order valence-corrected chi connectivity index (χ0v) is 11.8. The lowest BCUT2D eigenvalue weighted by Crippen LogP contribution is -2.29. The van der Waals surface area contributed by atoms with Gasteiger partial charge in [-0.2, -0.15) is 0 Å². The Morgan fingerprint density at radius 2 is 1.71 bits per heavy atom. The number of rotatable bonds is 6. The number of aliphatic hydroxyl groups excluding tert-OH is 1. The SMILES string of the molecule is CC[C@@H](O)C(Oc1ccc(B(O)O)cc1)c1ccncc1. The fourth-order valence-electron chi connectivity index (χ4n) is 2.00. The quantitative estimate of drug-likeness (QED) is 0.680. The first-order chi connectivity index (χ1) is 10.1. The monoisotopic (exact) mass is 287 g/mol. The highest BCUT2D eigenvalue weighted by Crippen LogP contribution is 2.25. The van der Waals surface area contributed by atoms with Gasteiger partial charge in [-0.05, 0) is 41.7 Å². The first-order valence-corrected chi connectivity index (χ1v) is 6.82. The second-order valence-corrected chi connectivity index (χ2v) is 4.74. The summed E-state index contributed by atoms with van der Waals surface area (Å²) in [5.41, 5.74) is 1.23. The molecule has 110 valence electrons. The fourth-order valence-corrected chi connectivity index (χ4v) is 2.00. The molecule has 0 amide bonds. The maximum absolute atomic E-state index is 10.1. The number of aliphatic hydroxyl groups is 1. The molecule has 1 heterocycles. The van der Waals surface area contributed by atoms with Crippen LogP contribution in [0.1, 0.15) is 25.0 Å². The molecule has 2 atom stereocenters. The second kappa shape index (κ2) is 7.22. The van der Waals surface area contributed by atoms with Crippen LogP contribution in [-0.4, -0.2) is 33.4 Å². The third-order valence-corrected chi connectivity index (χ3v) is 3.24. The summed E-state index contributed by atoms with van der Waals surface area (Å²) >= 11 is 0. The van der Waals surface area contributed by atoms with E-state index < -0.39 is 19.3 Å². The molecule has 6 heteroatoms. The first-order valence-electron chi connectivity index (χ1n) is 6.82. The van der Waals surface area contributed by atoms with Crippen LogP contribution in [-0.2, 0) is 0 Å². The molecule has 2 aromatic rings. The minimum absolute atomic E-state index is 0.388. The van der Waals surface area contributed by atoms with E-state index in [-0.39, 0.29) is 0 Å². The van der Waals surface area contributed by atoms with Crippen LogP contribution in [0.15, 0.2) is 48.8 Å². The van der Waals surface area contributed by atoms with Gasteiger partial charge >= 0.3 is 7.12 Å². The highest BCUT2D eigenvalue weighted by atomic mass is 16.5. The third-order valence-electron chi connectivity index (χ3n) is 3.24. The van der Waals surface area contributed by atoms with Crippen LogP contribution in [0.5, 0.6) is 5.75 Å². The molecule has 0 fully saturated rings. The number of hydrogen-bond donors (Lipinski definition) is 3. The lowest BCUT2D eigenvalue weighted by atomic mass is 9.80. The Hall–Kier alpha value is -1.89. The topological polar surface area (TPSA) is 82.8 Å². The van der Waals surface area contributed by atoms with E-state index >= 15 is 0 Å². The van der Waals surface area contributed by atoms with Gasteiger partial charge in [0, 0.05) is 12.4 Å². The van der Waals surface area contributed by atoms with Crippen LogP contribution < -0.4 is 10.2 Å². The molecule has 0 saturated carbocycles. The maximum atomic E-state index is 10.1. The normalized spacial score (nSPS) is 13.5. The van der Waals surface area contributed by atoms with E-state index in [1.54, 1.807) is 48.8 Å². The van der Waals surface area contributed by atoms with Crippen LogP contribution in [0.3, 0.4) is 0 Å². The Morgan fingerprint density at radius 3 is 2.24 bits per heavy atom. The van der Waals surface area contributed by atoms with Crippen molar-refractivity contribution in [3.05, 3.63) is 54.4 Å². The lowest BCUT2D eigenvalue weighted by molar-refractivity contribution is 0.0330. The zero-order chi connectivity index (χ0) is 15.2. The molecule has 2 rings (SSSR count). The van der Waals surface area contributed by atoms with E-state index in [1.165, 1.54) is 0 Å². The summed E-state index contributed by atoms with van der Waals surface area (Å²) in [5, 5.41) is 28.3. The predicted molar refractivity (Wildman–Crippen MR) is 80.2 cm³/mol. The highest BCUT2D eigenvalue weighted by molar-refractivity contribution is 6.58. The summed E-state index contributed by atoms with van der Waals surface area (Å²) in [5.74, 6) is 0.550. The second-order valence-electron chi connectivity index (χ2n) is 4.74. The number of aromatic nitrogens is 1. The van der Waals surface area contributed by atoms with Gasteiger partial charge in [-0.15, -0.1) is 0 Å². The molecular weight excluding hydrogens is 269 g/mol. The Kier molecular flexibility index (Phi) is 5.33. The van der Waals surface area contributed by atoms with Crippen LogP contribution in [0.4, 0.5) is 0 Å². The van der Waals surface area contributed by atoms with Crippen molar-refractivity contribution >= 4 is 12.6 Å². The minimum Gasteiger partial charge on any atom is -0.483 e. The molecule has 0 aliphatic carbocycles. The molecule has 0 saturated heterocycles. The number of pyridine rings is 1. The van der Waals surface area contributed by atoms with Crippen LogP contribution in [0, 0.1) is 0 Å². The van der Waals surface area contributed by atoms with Gasteiger partial charge < -0.3 is 19.9 Å². The summed E-state index contributed by atoms with van der Waals surface area (Å²) in [4.78, 5) is 3.96. The molecule has 3 N–H and O–H groups in total. The lowest BCUT2D eigenvalue weighted by Gasteiger charge is -2.24. The Labute approximate surface area is 124 Å².